The molecule has 1 heterocycles. The highest BCUT2D eigenvalue weighted by molar-refractivity contribution is 5.66. The number of carbonyl (C=O) groups is 2. The Hall–Kier alpha value is -1.34. The molecule has 0 aromatic rings. The Morgan fingerprint density at radius 2 is 0.588 bits per heavy atom. The van der Waals surface area contributed by atoms with Crippen LogP contribution in [0.25, 0.3) is 0 Å². The van der Waals surface area contributed by atoms with Crippen LogP contribution in [0.15, 0.2) is 0 Å². The van der Waals surface area contributed by atoms with Crippen LogP contribution < -0.4 is 0 Å². The van der Waals surface area contributed by atoms with Gasteiger partial charge in [-0.15, -0.1) is 0 Å². The first kappa shape index (κ1) is 56.4. The maximum atomic E-state index is 10.3. The molecule has 0 bridgehead atoms. The lowest BCUT2D eigenvalue weighted by molar-refractivity contribution is -0.138. The molecular weight excluding hydrogens is 656 g/mol. The zero-order chi connectivity index (χ0) is 39.1. The van der Waals surface area contributed by atoms with Crippen LogP contribution in [0.1, 0.15) is 194 Å². The van der Waals surface area contributed by atoms with Gasteiger partial charge in [0.15, 0.2) is 0 Å². The minimum Gasteiger partial charge on any atom is -0.481 e. The van der Waals surface area contributed by atoms with E-state index in [1.165, 1.54) is 141 Å². The van der Waals surface area contributed by atoms with Gasteiger partial charge in [-0.1, -0.05) is 168 Å². The number of aliphatic hydroxyl groups is 6. The molecule has 1 saturated heterocycles. The van der Waals surface area contributed by atoms with E-state index in [1.54, 1.807) is 0 Å². The molecule has 0 saturated carbocycles. The average Bonchev–Trinajstić information content (AvgIpc) is 4.02. The van der Waals surface area contributed by atoms with Crippen LogP contribution in [0.4, 0.5) is 0 Å². The average molecular weight is 741 g/mol. The number of ether oxygens (including phenoxy) is 1. The van der Waals surface area contributed by atoms with Crippen LogP contribution in [0.5, 0.6) is 0 Å². The topological polar surface area (TPSA) is 209 Å². The molecule has 310 valence electrons. The first-order chi connectivity index (χ1) is 24.7. The first-order valence-electron chi connectivity index (χ1n) is 20.5. The molecule has 0 amide bonds. The van der Waals surface area contributed by atoms with Crippen LogP contribution in [0.2, 0.25) is 0 Å². The van der Waals surface area contributed by atoms with Crippen molar-refractivity contribution < 1.29 is 55.2 Å². The Kier molecular flexibility index (Phi) is 58.6. The molecule has 0 aliphatic carbocycles. The largest absolute Gasteiger partial charge is 0.481 e. The van der Waals surface area contributed by atoms with Gasteiger partial charge < -0.3 is 45.6 Å². The van der Waals surface area contributed by atoms with E-state index in [4.69, 9.17) is 40.9 Å². The lowest BCUT2D eigenvalue weighted by Crippen LogP contribution is -2.15. The Morgan fingerprint density at radius 3 is 0.706 bits per heavy atom. The molecule has 1 aliphatic heterocycles. The van der Waals surface area contributed by atoms with Crippen LogP contribution in [0.3, 0.4) is 0 Å². The number of carboxylic acid groups (broad SMARTS) is 2. The summed E-state index contributed by atoms with van der Waals surface area (Å²) in [6.45, 7) is 5.06. The minimum atomic E-state index is -0.954. The zero-order valence-corrected chi connectivity index (χ0v) is 33.0. The summed E-state index contributed by atoms with van der Waals surface area (Å²) in [6.07, 6.45) is 32.6. The molecule has 0 unspecified atom stereocenters. The quantitative estimate of drug-likeness (QED) is 0.0247. The number of carboxylic acids is 2. The number of rotatable bonds is 32. The third kappa shape index (κ3) is 74.7. The highest BCUT2D eigenvalue weighted by atomic mass is 16.6. The SMILES string of the molecule is C1CO1.CCCCCCCCCCCCCCCC(=O)O.CCCCCCCCCCCCCCCC(=O)O.OCC(O)CO.OCC(O)CO. The third-order valence-corrected chi connectivity index (χ3v) is 8.04. The molecule has 0 aromatic heterocycles. The van der Waals surface area contributed by atoms with Crippen LogP contribution in [-0.4, -0.2) is 105 Å². The van der Waals surface area contributed by atoms with Gasteiger partial charge >= 0.3 is 11.9 Å². The Labute approximate surface area is 312 Å². The fourth-order valence-electron chi connectivity index (χ4n) is 4.70. The summed E-state index contributed by atoms with van der Waals surface area (Å²) in [5, 5.41) is 65.0. The van der Waals surface area contributed by atoms with E-state index in [0.29, 0.717) is 12.8 Å². The van der Waals surface area contributed by atoms with Crippen molar-refractivity contribution >= 4 is 11.9 Å². The van der Waals surface area contributed by atoms with E-state index in [2.05, 4.69) is 18.6 Å². The van der Waals surface area contributed by atoms with Crippen LogP contribution in [0, 0.1) is 0 Å². The lowest BCUT2D eigenvalue weighted by Gasteiger charge is -2.02. The molecule has 0 atom stereocenters. The molecule has 8 N–H and O–H groups in total. The highest BCUT2D eigenvalue weighted by Gasteiger charge is 1.99. The van der Waals surface area contributed by atoms with E-state index in [9.17, 15) is 9.59 Å². The monoisotopic (exact) mass is 741 g/mol. The second-order valence-corrected chi connectivity index (χ2v) is 13.4. The van der Waals surface area contributed by atoms with Gasteiger partial charge in [0.05, 0.1) is 39.6 Å². The lowest BCUT2D eigenvalue weighted by atomic mass is 10.0. The molecule has 51 heavy (non-hydrogen) atoms. The molecule has 11 heteroatoms. The number of aliphatic hydroxyl groups excluding tert-OH is 6. The van der Waals surface area contributed by atoms with E-state index >= 15 is 0 Å². The van der Waals surface area contributed by atoms with Crippen molar-refractivity contribution in [3.8, 4) is 0 Å². The second kappa shape index (κ2) is 53.0. The fourth-order valence-corrected chi connectivity index (χ4v) is 4.70. The summed E-state index contributed by atoms with van der Waals surface area (Å²) in [5.74, 6) is -1.31. The summed E-state index contributed by atoms with van der Waals surface area (Å²) in [4.78, 5) is 20.6. The number of hydrogen-bond acceptors (Lipinski definition) is 9. The number of epoxide rings is 1. The van der Waals surface area contributed by atoms with Crippen molar-refractivity contribution in [2.24, 2.45) is 0 Å². The molecule has 11 nitrogen and oxygen atoms in total. The summed E-state index contributed by atoms with van der Waals surface area (Å²) in [5.41, 5.74) is 0. The summed E-state index contributed by atoms with van der Waals surface area (Å²) < 4.78 is 4.50. The normalized spacial score (nSPS) is 11.3. The van der Waals surface area contributed by atoms with Crippen LogP contribution >= 0.6 is 0 Å². The summed E-state index contributed by atoms with van der Waals surface area (Å²) in [7, 11) is 0. The van der Waals surface area contributed by atoms with Crippen LogP contribution in [-0.2, 0) is 14.3 Å². The Morgan fingerprint density at radius 1 is 0.412 bits per heavy atom. The van der Waals surface area contributed by atoms with Gasteiger partial charge in [-0.05, 0) is 12.8 Å². The van der Waals surface area contributed by atoms with Crippen molar-refractivity contribution in [2.45, 2.75) is 206 Å². The van der Waals surface area contributed by atoms with Gasteiger partial charge in [-0.25, -0.2) is 0 Å². The molecule has 1 aliphatic rings. The van der Waals surface area contributed by atoms with Gasteiger partial charge in [0.2, 0.25) is 0 Å². The molecule has 0 spiro atoms. The maximum Gasteiger partial charge on any atom is 0.303 e. The van der Waals surface area contributed by atoms with Gasteiger partial charge in [-0.2, -0.15) is 0 Å². The van der Waals surface area contributed by atoms with Crippen molar-refractivity contribution in [1.82, 2.24) is 0 Å². The van der Waals surface area contributed by atoms with Gasteiger partial charge in [0.25, 0.3) is 0 Å². The molecule has 0 aromatic carbocycles. The fraction of sp³-hybridized carbons (Fsp3) is 0.950. The maximum absolute atomic E-state index is 10.3. The standard InChI is InChI=1S/2C16H32O2.2C3H8O3.C2H4O/c2*1-2-3-4-5-6-7-8-9-10-11-12-13-14-15-16(17)18;2*4-1-3(6)2-5;1-2-3-1/h2*2-15H2,1H3,(H,17,18);2*3-6H,1-2H2;1-2H2. The Balaban J connectivity index is -0.000000309. The highest BCUT2D eigenvalue weighted by Crippen LogP contribution is 2.14. The number of aliphatic carboxylic acids is 2. The van der Waals surface area contributed by atoms with E-state index < -0.39 is 24.1 Å². The molecular formula is C40H84O11. The second-order valence-electron chi connectivity index (χ2n) is 13.4. The predicted octanol–water partition coefficient (Wildman–Crippen LogP) is 7.79. The zero-order valence-electron chi connectivity index (χ0n) is 33.0. The first-order valence-corrected chi connectivity index (χ1v) is 20.5. The molecule has 1 rings (SSSR count). The van der Waals surface area contributed by atoms with E-state index in [-0.39, 0.29) is 26.4 Å². The van der Waals surface area contributed by atoms with Gasteiger partial charge in [0, 0.05) is 12.8 Å². The Bertz CT molecular complexity index is 575. The van der Waals surface area contributed by atoms with E-state index in [1.807, 2.05) is 0 Å². The van der Waals surface area contributed by atoms with Crippen molar-refractivity contribution in [3.05, 3.63) is 0 Å². The van der Waals surface area contributed by atoms with Gasteiger partial charge in [-0.3, -0.25) is 9.59 Å². The molecule has 0 radical (unpaired) electrons. The summed E-state index contributed by atoms with van der Waals surface area (Å²) in [6, 6.07) is 0. The number of hydrogen-bond donors (Lipinski definition) is 8. The predicted molar refractivity (Wildman–Crippen MR) is 207 cm³/mol. The van der Waals surface area contributed by atoms with Gasteiger partial charge in [0.1, 0.15) is 12.2 Å². The minimum absolute atomic E-state index is 0.345. The molecule has 1 fully saturated rings. The third-order valence-electron chi connectivity index (χ3n) is 8.04. The number of unbranched alkanes of at least 4 members (excludes halogenated alkanes) is 24. The van der Waals surface area contributed by atoms with E-state index in [0.717, 1.165) is 38.9 Å². The van der Waals surface area contributed by atoms with Crippen molar-refractivity contribution in [1.29, 1.82) is 0 Å². The summed E-state index contributed by atoms with van der Waals surface area (Å²) >= 11 is 0. The van der Waals surface area contributed by atoms with Crippen molar-refractivity contribution in [3.63, 3.8) is 0 Å². The van der Waals surface area contributed by atoms with Crippen molar-refractivity contribution in [2.75, 3.05) is 39.6 Å². The smallest absolute Gasteiger partial charge is 0.303 e.